The van der Waals surface area contributed by atoms with Crippen LogP contribution in [0, 0.1) is 23.7 Å². The Bertz CT molecular complexity index is 827. The van der Waals surface area contributed by atoms with Crippen LogP contribution in [0.15, 0.2) is 35.4 Å². The van der Waals surface area contributed by atoms with Crippen molar-refractivity contribution in [2.75, 3.05) is 4.90 Å². The number of anilines is 1. The Morgan fingerprint density at radius 2 is 1.44 bits per heavy atom. The third-order valence-electron chi connectivity index (χ3n) is 6.85. The van der Waals surface area contributed by atoms with Gasteiger partial charge in [-0.05, 0) is 74.6 Å². The second kappa shape index (κ2) is 6.04. The number of amides is 2. The predicted molar refractivity (Wildman–Crippen MR) is 98.9 cm³/mol. The van der Waals surface area contributed by atoms with Gasteiger partial charge in [0.05, 0.1) is 17.5 Å². The first-order chi connectivity index (χ1) is 13.1. The van der Waals surface area contributed by atoms with E-state index in [0.29, 0.717) is 11.4 Å². The molecule has 27 heavy (non-hydrogen) atoms. The zero-order valence-electron chi connectivity index (χ0n) is 15.4. The number of rotatable bonds is 2. The highest BCUT2D eigenvalue weighted by molar-refractivity contribution is 6.22. The molecule has 2 amide bonds. The van der Waals surface area contributed by atoms with Crippen molar-refractivity contribution in [3.8, 4) is 5.75 Å². The van der Waals surface area contributed by atoms with Gasteiger partial charge in [0.15, 0.2) is 0 Å². The fourth-order valence-electron chi connectivity index (χ4n) is 5.98. The van der Waals surface area contributed by atoms with Crippen molar-refractivity contribution in [1.82, 2.24) is 0 Å². The van der Waals surface area contributed by atoms with Gasteiger partial charge in [0.25, 0.3) is 0 Å². The fourth-order valence-corrected chi connectivity index (χ4v) is 5.98. The molecule has 0 aromatic heterocycles. The second-order valence-corrected chi connectivity index (χ2v) is 8.20. The molecule has 0 spiro atoms. The molecular weight excluding hydrogens is 342 g/mol. The van der Waals surface area contributed by atoms with Gasteiger partial charge < -0.3 is 4.74 Å². The molecule has 0 unspecified atom stereocenters. The molecule has 0 radical (unpaired) electrons. The van der Waals surface area contributed by atoms with Crippen molar-refractivity contribution in [2.24, 2.45) is 23.7 Å². The van der Waals surface area contributed by atoms with E-state index in [2.05, 4.69) is 0 Å². The minimum Gasteiger partial charge on any atom is -0.427 e. The number of allylic oxidation sites excluding steroid dienone is 2. The average Bonchev–Trinajstić information content (AvgIpc) is 3.33. The molecule has 140 valence electrons. The van der Waals surface area contributed by atoms with Gasteiger partial charge in [0, 0.05) is 6.92 Å². The summed E-state index contributed by atoms with van der Waals surface area (Å²) in [5.41, 5.74) is 3.59. The van der Waals surface area contributed by atoms with Gasteiger partial charge in [-0.25, -0.2) is 0 Å². The van der Waals surface area contributed by atoms with Crippen molar-refractivity contribution < 1.29 is 19.1 Å². The highest BCUT2D eigenvalue weighted by atomic mass is 16.5. The lowest BCUT2D eigenvalue weighted by Crippen LogP contribution is -2.35. The van der Waals surface area contributed by atoms with Crippen molar-refractivity contribution in [2.45, 2.75) is 45.4 Å². The Balaban J connectivity index is 1.50. The number of hydrogen-bond donors (Lipinski definition) is 0. The van der Waals surface area contributed by atoms with E-state index in [1.165, 1.54) is 23.0 Å². The first-order valence-electron chi connectivity index (χ1n) is 9.94. The molecule has 0 bridgehead atoms. The molecule has 4 aliphatic rings. The second-order valence-electron chi connectivity index (χ2n) is 8.20. The summed E-state index contributed by atoms with van der Waals surface area (Å²) in [7, 11) is 0. The standard InChI is InChI=1S/C22H23NO4/c1-12(24)27-14-10-8-13(9-11-14)23-21(25)19-17-6-2-4-15(17)16-5-3-7-18(16)20(19)22(23)26/h8-11,17-20H,2-7H2,1H3/t17-,18-,19-,20-/m1/s1. The van der Waals surface area contributed by atoms with Gasteiger partial charge in [-0.3, -0.25) is 19.3 Å². The number of fused-ring (bicyclic) bond motifs is 5. The third kappa shape index (κ3) is 2.40. The molecule has 1 aliphatic heterocycles. The zero-order valence-corrected chi connectivity index (χ0v) is 15.4. The Morgan fingerprint density at radius 3 is 1.93 bits per heavy atom. The summed E-state index contributed by atoms with van der Waals surface area (Å²) in [5, 5.41) is 0. The fraction of sp³-hybridized carbons (Fsp3) is 0.500. The Labute approximate surface area is 158 Å². The molecule has 5 rings (SSSR count). The normalized spacial score (nSPS) is 31.8. The van der Waals surface area contributed by atoms with E-state index >= 15 is 0 Å². The first-order valence-corrected chi connectivity index (χ1v) is 9.94. The molecule has 2 saturated carbocycles. The van der Waals surface area contributed by atoms with Gasteiger partial charge in [-0.2, -0.15) is 0 Å². The summed E-state index contributed by atoms with van der Waals surface area (Å²) >= 11 is 0. The molecular formula is C22H23NO4. The number of benzene rings is 1. The molecule has 5 heteroatoms. The van der Waals surface area contributed by atoms with Crippen LogP contribution in [0.1, 0.15) is 45.4 Å². The van der Waals surface area contributed by atoms with E-state index in [1.54, 1.807) is 24.3 Å². The van der Waals surface area contributed by atoms with Gasteiger partial charge in [-0.15, -0.1) is 0 Å². The predicted octanol–water partition coefficient (Wildman–Crippen LogP) is 3.63. The van der Waals surface area contributed by atoms with E-state index in [4.69, 9.17) is 4.74 Å². The number of hydrogen-bond acceptors (Lipinski definition) is 4. The molecule has 3 aliphatic carbocycles. The molecule has 5 nitrogen and oxygen atoms in total. The summed E-state index contributed by atoms with van der Waals surface area (Å²) in [5.74, 6) is 0.102. The minimum atomic E-state index is -0.393. The summed E-state index contributed by atoms with van der Waals surface area (Å²) in [6, 6.07) is 6.67. The van der Waals surface area contributed by atoms with Gasteiger partial charge in [0.1, 0.15) is 5.75 Å². The summed E-state index contributed by atoms with van der Waals surface area (Å²) in [6.45, 7) is 1.34. The molecule has 1 aromatic carbocycles. The summed E-state index contributed by atoms with van der Waals surface area (Å²) in [4.78, 5) is 39.2. The van der Waals surface area contributed by atoms with E-state index in [9.17, 15) is 14.4 Å². The number of esters is 1. The lowest BCUT2D eigenvalue weighted by Gasteiger charge is -2.34. The van der Waals surface area contributed by atoms with Crippen LogP contribution in [0.5, 0.6) is 5.75 Å². The Kier molecular flexibility index (Phi) is 3.74. The number of carbonyl (C=O) groups excluding carboxylic acids is 3. The van der Waals surface area contributed by atoms with Gasteiger partial charge >= 0.3 is 5.97 Å². The van der Waals surface area contributed by atoms with Gasteiger partial charge in [0.2, 0.25) is 11.8 Å². The maximum absolute atomic E-state index is 13.3. The first kappa shape index (κ1) is 16.7. The lowest BCUT2D eigenvalue weighted by atomic mass is 9.66. The van der Waals surface area contributed by atoms with E-state index in [1.807, 2.05) is 0 Å². The van der Waals surface area contributed by atoms with Crippen molar-refractivity contribution in [3.63, 3.8) is 0 Å². The molecule has 0 N–H and O–H groups in total. The number of imide groups is 1. The van der Waals surface area contributed by atoms with Crippen LogP contribution in [0.25, 0.3) is 0 Å². The van der Waals surface area contributed by atoms with Crippen LogP contribution < -0.4 is 9.64 Å². The largest absolute Gasteiger partial charge is 0.427 e. The van der Waals surface area contributed by atoms with Crippen molar-refractivity contribution in [1.29, 1.82) is 0 Å². The highest BCUT2D eigenvalue weighted by Crippen LogP contribution is 2.57. The molecule has 4 atom stereocenters. The van der Waals surface area contributed by atoms with Gasteiger partial charge in [-0.1, -0.05) is 11.1 Å². The quantitative estimate of drug-likeness (QED) is 0.347. The SMILES string of the molecule is CC(=O)Oc1ccc(N2C(=O)[C@H]3[C@H](C2=O)[C@@H]2CCCC2=C2CCC[C@H]23)cc1. The Morgan fingerprint density at radius 1 is 0.926 bits per heavy atom. The van der Waals surface area contributed by atoms with Crippen LogP contribution >= 0.6 is 0 Å². The maximum Gasteiger partial charge on any atom is 0.308 e. The number of nitrogens with zero attached hydrogens (tertiary/aromatic N) is 1. The van der Waals surface area contributed by atoms with Crippen LogP contribution in [-0.4, -0.2) is 17.8 Å². The molecule has 1 saturated heterocycles. The van der Waals surface area contributed by atoms with E-state index in [0.717, 1.165) is 38.5 Å². The van der Waals surface area contributed by atoms with Crippen LogP contribution in [-0.2, 0) is 14.4 Å². The van der Waals surface area contributed by atoms with E-state index in [-0.39, 0.29) is 35.5 Å². The van der Waals surface area contributed by atoms with Crippen molar-refractivity contribution >= 4 is 23.5 Å². The average molecular weight is 365 g/mol. The maximum atomic E-state index is 13.3. The number of carbonyl (C=O) groups is 3. The number of ether oxygens (including phenoxy) is 1. The smallest absolute Gasteiger partial charge is 0.308 e. The van der Waals surface area contributed by atoms with Crippen molar-refractivity contribution in [3.05, 3.63) is 35.4 Å². The summed E-state index contributed by atoms with van der Waals surface area (Å²) in [6.07, 6.45) is 6.56. The molecule has 1 heterocycles. The molecule has 3 fully saturated rings. The summed E-state index contributed by atoms with van der Waals surface area (Å²) < 4.78 is 5.06. The minimum absolute atomic E-state index is 0.0411. The zero-order chi connectivity index (χ0) is 18.7. The topological polar surface area (TPSA) is 63.7 Å². The monoisotopic (exact) mass is 365 g/mol. The van der Waals surface area contributed by atoms with Crippen LogP contribution in [0.3, 0.4) is 0 Å². The van der Waals surface area contributed by atoms with Crippen LogP contribution in [0.4, 0.5) is 5.69 Å². The third-order valence-corrected chi connectivity index (χ3v) is 6.85. The van der Waals surface area contributed by atoms with Crippen LogP contribution in [0.2, 0.25) is 0 Å². The highest BCUT2D eigenvalue weighted by Gasteiger charge is 2.59. The van der Waals surface area contributed by atoms with E-state index < -0.39 is 5.97 Å². The molecule has 1 aromatic rings. The Hall–Kier alpha value is -2.43. The lowest BCUT2D eigenvalue weighted by molar-refractivity contribution is -0.132.